The molecule has 9 heteroatoms. The van der Waals surface area contributed by atoms with Crippen LogP contribution < -0.4 is 15.2 Å². The van der Waals surface area contributed by atoms with Crippen LogP contribution in [0.2, 0.25) is 0 Å². The molecule has 0 unspecified atom stereocenters. The molecule has 0 aliphatic heterocycles. The van der Waals surface area contributed by atoms with E-state index in [-0.39, 0.29) is 49.7 Å². The second-order valence-electron chi connectivity index (χ2n) is 4.72. The monoisotopic (exact) mass is 372 g/mol. The van der Waals surface area contributed by atoms with Gasteiger partial charge in [-0.05, 0) is 12.1 Å². The number of esters is 2. The molecule has 0 amide bonds. The van der Waals surface area contributed by atoms with Crippen molar-refractivity contribution in [1.29, 1.82) is 0 Å². The Labute approximate surface area is 150 Å². The Morgan fingerprint density at radius 2 is 1.68 bits per heavy atom. The fourth-order valence-electron chi connectivity index (χ4n) is 1.68. The first-order valence-electron chi connectivity index (χ1n) is 7.42. The lowest BCUT2D eigenvalue weighted by Crippen LogP contribution is -2.12. The number of amidine groups is 1. The number of rotatable bonds is 10. The number of carbonyl (C=O) groups is 2. The largest absolute Gasteiger partial charge is 0.493 e. The molecule has 0 heterocycles. The van der Waals surface area contributed by atoms with Crippen LogP contribution in [-0.4, -0.2) is 51.1 Å². The number of carbonyl (C=O) groups excluding carboxylic acids is 2. The van der Waals surface area contributed by atoms with Crippen molar-refractivity contribution in [2.24, 2.45) is 10.7 Å². The van der Waals surface area contributed by atoms with Crippen LogP contribution in [0.15, 0.2) is 23.2 Å². The lowest BCUT2D eigenvalue weighted by atomic mass is 10.2. The number of methoxy groups -OCH3 is 2. The van der Waals surface area contributed by atoms with Gasteiger partial charge in [0.2, 0.25) is 0 Å². The van der Waals surface area contributed by atoms with E-state index in [4.69, 9.17) is 26.8 Å². The number of benzene rings is 1. The summed E-state index contributed by atoms with van der Waals surface area (Å²) in [6.07, 6.45) is 0.221. The molecule has 0 spiro atoms. The van der Waals surface area contributed by atoms with Crippen molar-refractivity contribution in [1.82, 2.24) is 0 Å². The van der Waals surface area contributed by atoms with Crippen LogP contribution in [-0.2, 0) is 19.1 Å². The topological polar surface area (TPSA) is 109 Å². The summed E-state index contributed by atoms with van der Waals surface area (Å²) in [5.74, 6) is 0.393. The van der Waals surface area contributed by atoms with E-state index in [1.54, 1.807) is 18.2 Å². The van der Waals surface area contributed by atoms with E-state index >= 15 is 0 Å². The average Bonchev–Trinajstić information content (AvgIpc) is 2.62. The van der Waals surface area contributed by atoms with Gasteiger partial charge in [0.1, 0.15) is 23.0 Å². The van der Waals surface area contributed by atoms with Crippen LogP contribution in [0.1, 0.15) is 12.8 Å². The second kappa shape index (κ2) is 11.1. The Balaban J connectivity index is 2.82. The minimum atomic E-state index is -0.381. The van der Waals surface area contributed by atoms with Gasteiger partial charge in [-0.1, -0.05) is 0 Å². The maximum absolute atomic E-state index is 11.1. The summed E-state index contributed by atoms with van der Waals surface area (Å²) in [7, 11) is 2.62. The van der Waals surface area contributed by atoms with E-state index in [0.717, 1.165) is 0 Å². The lowest BCUT2D eigenvalue weighted by Gasteiger charge is -2.11. The number of nitrogens with two attached hydrogens (primary N) is 1. The summed E-state index contributed by atoms with van der Waals surface area (Å²) >= 11 is 5.65. The van der Waals surface area contributed by atoms with Crippen LogP contribution in [0, 0.1) is 0 Å². The normalized spacial score (nSPS) is 10.9. The number of aliphatic imine (C=N–C) groups is 1. The number of halogens is 1. The molecule has 0 fully saturated rings. The molecule has 0 radical (unpaired) electrons. The van der Waals surface area contributed by atoms with Crippen molar-refractivity contribution in [3.8, 4) is 11.5 Å². The van der Waals surface area contributed by atoms with Gasteiger partial charge < -0.3 is 24.7 Å². The van der Waals surface area contributed by atoms with Crippen molar-refractivity contribution < 1.29 is 28.5 Å². The molecular weight excluding hydrogens is 352 g/mol. The molecule has 0 aliphatic carbocycles. The van der Waals surface area contributed by atoms with Crippen molar-refractivity contribution in [2.75, 3.05) is 33.3 Å². The third-order valence-corrected chi connectivity index (χ3v) is 3.20. The molecule has 138 valence electrons. The predicted molar refractivity (Wildman–Crippen MR) is 92.7 cm³/mol. The predicted octanol–water partition coefficient (Wildman–Crippen LogP) is 1.80. The SMILES string of the molecule is COC(=O)CCOc1ccc(OCCC(=O)OC)c(N=C(N)CCl)c1. The lowest BCUT2D eigenvalue weighted by molar-refractivity contribution is -0.142. The highest BCUT2D eigenvalue weighted by Gasteiger charge is 2.09. The number of hydrogen-bond donors (Lipinski definition) is 1. The fourth-order valence-corrected chi connectivity index (χ4v) is 1.74. The van der Waals surface area contributed by atoms with E-state index in [1.165, 1.54) is 14.2 Å². The van der Waals surface area contributed by atoms with Crippen LogP contribution in [0.5, 0.6) is 11.5 Å². The number of nitrogens with zero attached hydrogens (tertiary/aromatic N) is 1. The fraction of sp³-hybridized carbons (Fsp3) is 0.438. The van der Waals surface area contributed by atoms with Crippen molar-refractivity contribution in [3.63, 3.8) is 0 Å². The Bertz CT molecular complexity index is 621. The first kappa shape index (κ1) is 20.6. The molecule has 0 saturated heterocycles. The first-order chi connectivity index (χ1) is 12.0. The summed E-state index contributed by atoms with van der Waals surface area (Å²) in [5.41, 5.74) is 6.07. The van der Waals surface area contributed by atoms with Gasteiger partial charge in [0.25, 0.3) is 0 Å². The highest BCUT2D eigenvalue weighted by atomic mass is 35.5. The van der Waals surface area contributed by atoms with E-state index in [0.29, 0.717) is 17.2 Å². The van der Waals surface area contributed by atoms with Gasteiger partial charge >= 0.3 is 11.9 Å². The second-order valence-corrected chi connectivity index (χ2v) is 4.98. The smallest absolute Gasteiger partial charge is 0.308 e. The molecule has 8 nitrogen and oxygen atoms in total. The van der Waals surface area contributed by atoms with Gasteiger partial charge in [-0.15, -0.1) is 11.6 Å². The minimum absolute atomic E-state index is 0.0506. The Morgan fingerprint density at radius 3 is 2.24 bits per heavy atom. The van der Waals surface area contributed by atoms with Gasteiger partial charge in [0.05, 0.1) is 46.2 Å². The third kappa shape index (κ3) is 7.75. The number of ether oxygens (including phenoxy) is 4. The van der Waals surface area contributed by atoms with E-state index in [9.17, 15) is 9.59 Å². The van der Waals surface area contributed by atoms with Crippen LogP contribution in [0.3, 0.4) is 0 Å². The summed E-state index contributed by atoms with van der Waals surface area (Å²) < 4.78 is 20.1. The highest BCUT2D eigenvalue weighted by Crippen LogP contribution is 2.32. The summed E-state index contributed by atoms with van der Waals surface area (Å²) in [6, 6.07) is 4.88. The Morgan fingerprint density at radius 1 is 1.08 bits per heavy atom. The maximum Gasteiger partial charge on any atom is 0.308 e. The average molecular weight is 373 g/mol. The van der Waals surface area contributed by atoms with Gasteiger partial charge in [-0.2, -0.15) is 0 Å². The molecule has 2 N–H and O–H groups in total. The summed E-state index contributed by atoms with van der Waals surface area (Å²) in [6.45, 7) is 0.280. The van der Waals surface area contributed by atoms with Crippen LogP contribution in [0.4, 0.5) is 5.69 Å². The zero-order valence-electron chi connectivity index (χ0n) is 14.1. The molecule has 25 heavy (non-hydrogen) atoms. The molecule has 1 aromatic carbocycles. The van der Waals surface area contributed by atoms with Crippen molar-refractivity contribution in [2.45, 2.75) is 12.8 Å². The molecule has 0 atom stereocenters. The van der Waals surface area contributed by atoms with Gasteiger partial charge in [-0.25, -0.2) is 4.99 Å². The van der Waals surface area contributed by atoms with Crippen LogP contribution >= 0.6 is 11.6 Å². The summed E-state index contributed by atoms with van der Waals surface area (Å²) in [4.78, 5) is 26.4. The van der Waals surface area contributed by atoms with Gasteiger partial charge in [-0.3, -0.25) is 9.59 Å². The molecule has 1 aromatic rings. The molecule has 1 rings (SSSR count). The molecule has 0 aliphatic rings. The Kier molecular flexibility index (Phi) is 9.16. The zero-order chi connectivity index (χ0) is 18.7. The number of hydrogen-bond acceptors (Lipinski definition) is 7. The van der Waals surface area contributed by atoms with Gasteiger partial charge in [0.15, 0.2) is 0 Å². The third-order valence-electron chi connectivity index (χ3n) is 2.93. The van der Waals surface area contributed by atoms with Gasteiger partial charge in [0, 0.05) is 6.07 Å². The highest BCUT2D eigenvalue weighted by molar-refractivity contribution is 6.28. The van der Waals surface area contributed by atoms with E-state index in [2.05, 4.69) is 14.5 Å². The molecule has 0 bridgehead atoms. The standard InChI is InChI=1S/C16H21ClN2O6/c1-22-15(20)5-7-24-11-3-4-13(25-8-6-16(21)23-2)12(9-11)19-14(18)10-17/h3-4,9H,5-8,10H2,1-2H3,(H2,18,19). The zero-order valence-corrected chi connectivity index (χ0v) is 14.9. The van der Waals surface area contributed by atoms with Crippen molar-refractivity contribution >= 4 is 35.1 Å². The van der Waals surface area contributed by atoms with Crippen LogP contribution in [0.25, 0.3) is 0 Å². The minimum Gasteiger partial charge on any atom is -0.493 e. The first-order valence-corrected chi connectivity index (χ1v) is 7.95. The molecular formula is C16H21ClN2O6. The Hall–Kier alpha value is -2.48. The number of alkyl halides is 1. The quantitative estimate of drug-likeness (QED) is 0.288. The summed E-state index contributed by atoms with van der Waals surface area (Å²) in [5, 5.41) is 0. The van der Waals surface area contributed by atoms with Crippen molar-refractivity contribution in [3.05, 3.63) is 18.2 Å². The van der Waals surface area contributed by atoms with E-state index < -0.39 is 0 Å². The van der Waals surface area contributed by atoms with E-state index in [1.807, 2.05) is 0 Å². The molecule has 0 saturated carbocycles. The molecule has 0 aromatic heterocycles. The maximum atomic E-state index is 11.1.